The first-order valence-electron chi connectivity index (χ1n) is 6.98. The van der Waals surface area contributed by atoms with Crippen LogP contribution in [0, 0.1) is 0 Å². The van der Waals surface area contributed by atoms with Crippen LogP contribution in [0.2, 0.25) is 0 Å². The number of rotatable bonds is 3. The Kier molecular flexibility index (Phi) is 3.62. The first-order valence-corrected chi connectivity index (χ1v) is 6.98. The molecule has 0 aliphatic carbocycles. The zero-order valence-corrected chi connectivity index (χ0v) is 12.0. The van der Waals surface area contributed by atoms with Gasteiger partial charge in [-0.2, -0.15) is 0 Å². The fourth-order valence-corrected chi connectivity index (χ4v) is 2.77. The first kappa shape index (κ1) is 13.6. The fourth-order valence-electron chi connectivity index (χ4n) is 2.77. The number of benzene rings is 2. The number of hydrogen-bond acceptors (Lipinski definition) is 3. The summed E-state index contributed by atoms with van der Waals surface area (Å²) in [4.78, 5) is 14.6. The number of nitrogens with two attached hydrogens (primary N) is 1. The Morgan fingerprint density at radius 3 is 2.71 bits per heavy atom. The number of methoxy groups -OCH3 is 1. The van der Waals surface area contributed by atoms with Gasteiger partial charge in [0, 0.05) is 25.0 Å². The van der Waals surface area contributed by atoms with Gasteiger partial charge >= 0.3 is 0 Å². The van der Waals surface area contributed by atoms with E-state index in [1.165, 1.54) is 0 Å². The largest absolute Gasteiger partial charge is 0.399 e. The molecule has 4 nitrogen and oxygen atoms in total. The van der Waals surface area contributed by atoms with Gasteiger partial charge in [-0.25, -0.2) is 0 Å². The minimum Gasteiger partial charge on any atom is -0.399 e. The Hall–Kier alpha value is -2.33. The molecule has 2 aromatic carbocycles. The Labute approximate surface area is 124 Å². The van der Waals surface area contributed by atoms with Crippen molar-refractivity contribution in [1.29, 1.82) is 0 Å². The highest BCUT2D eigenvalue weighted by Crippen LogP contribution is 2.32. The molecule has 21 heavy (non-hydrogen) atoms. The first-order chi connectivity index (χ1) is 10.2. The van der Waals surface area contributed by atoms with Gasteiger partial charge in [0.25, 0.3) is 5.91 Å². The summed E-state index contributed by atoms with van der Waals surface area (Å²) in [7, 11) is 1.56. The van der Waals surface area contributed by atoms with Crippen LogP contribution in [0.3, 0.4) is 0 Å². The molecule has 0 radical (unpaired) electrons. The van der Waals surface area contributed by atoms with Gasteiger partial charge in [0.15, 0.2) is 6.10 Å². The maximum Gasteiger partial charge on any atom is 0.260 e. The van der Waals surface area contributed by atoms with E-state index in [-0.39, 0.29) is 5.91 Å². The van der Waals surface area contributed by atoms with Crippen LogP contribution in [-0.2, 0) is 16.0 Å². The summed E-state index contributed by atoms with van der Waals surface area (Å²) >= 11 is 0. The van der Waals surface area contributed by atoms with Crippen molar-refractivity contribution in [2.75, 3.05) is 24.3 Å². The van der Waals surface area contributed by atoms with Crippen LogP contribution in [0.1, 0.15) is 17.2 Å². The van der Waals surface area contributed by atoms with E-state index in [1.807, 2.05) is 48.5 Å². The van der Waals surface area contributed by atoms with Crippen LogP contribution >= 0.6 is 0 Å². The van der Waals surface area contributed by atoms with Gasteiger partial charge in [-0.3, -0.25) is 4.79 Å². The van der Waals surface area contributed by atoms with E-state index in [4.69, 9.17) is 10.5 Å². The number of anilines is 2. The van der Waals surface area contributed by atoms with E-state index in [0.29, 0.717) is 12.2 Å². The number of nitrogen functional groups attached to an aromatic ring is 1. The summed E-state index contributed by atoms with van der Waals surface area (Å²) in [6, 6.07) is 15.3. The standard InChI is InChI=1S/C17H18N2O2/c1-21-16(13-5-3-2-4-6-13)17(20)19-10-9-12-7-8-14(18)11-15(12)19/h2-8,11,16H,9-10,18H2,1H3. The van der Waals surface area contributed by atoms with Crippen molar-refractivity contribution in [3.63, 3.8) is 0 Å². The van der Waals surface area contributed by atoms with Crippen molar-refractivity contribution in [2.45, 2.75) is 12.5 Å². The van der Waals surface area contributed by atoms with Gasteiger partial charge in [0.1, 0.15) is 0 Å². The normalized spacial score (nSPS) is 14.8. The monoisotopic (exact) mass is 282 g/mol. The molecular weight excluding hydrogens is 264 g/mol. The molecule has 1 amide bonds. The van der Waals surface area contributed by atoms with E-state index >= 15 is 0 Å². The molecule has 0 saturated heterocycles. The average Bonchev–Trinajstić information content (AvgIpc) is 2.92. The van der Waals surface area contributed by atoms with Gasteiger partial charge in [-0.1, -0.05) is 36.4 Å². The predicted molar refractivity (Wildman–Crippen MR) is 83.1 cm³/mol. The Balaban J connectivity index is 1.91. The molecule has 1 aliphatic heterocycles. The van der Waals surface area contributed by atoms with Crippen LogP contribution in [0.5, 0.6) is 0 Å². The third kappa shape index (κ3) is 2.50. The quantitative estimate of drug-likeness (QED) is 0.880. The second kappa shape index (κ2) is 5.58. The van der Waals surface area contributed by atoms with Crippen LogP contribution in [0.4, 0.5) is 11.4 Å². The molecule has 0 spiro atoms. The highest BCUT2D eigenvalue weighted by atomic mass is 16.5. The van der Waals surface area contributed by atoms with Crippen molar-refractivity contribution in [1.82, 2.24) is 0 Å². The summed E-state index contributed by atoms with van der Waals surface area (Å²) in [5.41, 5.74) is 9.43. The number of carbonyl (C=O) groups excluding carboxylic acids is 1. The molecule has 0 bridgehead atoms. The van der Waals surface area contributed by atoms with Gasteiger partial charge in [-0.15, -0.1) is 0 Å². The molecule has 4 heteroatoms. The molecule has 0 saturated carbocycles. The van der Waals surface area contributed by atoms with E-state index in [9.17, 15) is 4.79 Å². The topological polar surface area (TPSA) is 55.6 Å². The number of hydrogen-bond donors (Lipinski definition) is 1. The lowest BCUT2D eigenvalue weighted by Gasteiger charge is -2.23. The maximum absolute atomic E-state index is 12.8. The lowest BCUT2D eigenvalue weighted by molar-refractivity contribution is -0.128. The third-order valence-corrected chi connectivity index (χ3v) is 3.83. The molecule has 1 aliphatic rings. The van der Waals surface area contributed by atoms with Crippen molar-refractivity contribution in [2.24, 2.45) is 0 Å². The van der Waals surface area contributed by atoms with E-state index in [0.717, 1.165) is 23.2 Å². The molecule has 2 aromatic rings. The number of nitrogens with zero attached hydrogens (tertiary/aromatic N) is 1. The second-order valence-electron chi connectivity index (χ2n) is 5.15. The van der Waals surface area contributed by atoms with Crippen LogP contribution in [-0.4, -0.2) is 19.6 Å². The van der Waals surface area contributed by atoms with Crippen molar-refractivity contribution in [3.8, 4) is 0 Å². The Morgan fingerprint density at radius 2 is 2.00 bits per heavy atom. The molecule has 1 unspecified atom stereocenters. The molecule has 3 rings (SSSR count). The highest BCUT2D eigenvalue weighted by Gasteiger charge is 2.31. The van der Waals surface area contributed by atoms with E-state index in [2.05, 4.69) is 0 Å². The number of ether oxygens (including phenoxy) is 1. The molecule has 0 aromatic heterocycles. The Bertz CT molecular complexity index is 655. The maximum atomic E-state index is 12.8. The van der Waals surface area contributed by atoms with Gasteiger partial charge in [0.05, 0.1) is 0 Å². The average molecular weight is 282 g/mol. The zero-order chi connectivity index (χ0) is 14.8. The summed E-state index contributed by atoms with van der Waals surface area (Å²) in [5.74, 6) is -0.0481. The smallest absolute Gasteiger partial charge is 0.260 e. The Morgan fingerprint density at radius 1 is 1.24 bits per heavy atom. The summed E-state index contributed by atoms with van der Waals surface area (Å²) < 4.78 is 5.43. The lowest BCUT2D eigenvalue weighted by atomic mass is 10.1. The van der Waals surface area contributed by atoms with Crippen molar-refractivity contribution >= 4 is 17.3 Å². The van der Waals surface area contributed by atoms with Gasteiger partial charge < -0.3 is 15.4 Å². The number of carbonyl (C=O) groups is 1. The van der Waals surface area contributed by atoms with Gasteiger partial charge in [0.2, 0.25) is 0 Å². The van der Waals surface area contributed by atoms with E-state index < -0.39 is 6.10 Å². The minimum absolute atomic E-state index is 0.0481. The van der Waals surface area contributed by atoms with Crippen molar-refractivity contribution < 1.29 is 9.53 Å². The second-order valence-corrected chi connectivity index (χ2v) is 5.15. The predicted octanol–water partition coefficient (Wildman–Crippen LogP) is 2.55. The minimum atomic E-state index is -0.585. The molecule has 2 N–H and O–H groups in total. The molecule has 1 atom stereocenters. The summed E-state index contributed by atoms with van der Waals surface area (Å²) in [6.07, 6.45) is 0.269. The van der Waals surface area contributed by atoms with Gasteiger partial charge in [-0.05, 0) is 29.7 Å². The SMILES string of the molecule is COC(C(=O)N1CCc2ccc(N)cc21)c1ccccc1. The highest BCUT2D eigenvalue weighted by molar-refractivity contribution is 5.99. The summed E-state index contributed by atoms with van der Waals surface area (Å²) in [6.45, 7) is 0.671. The lowest BCUT2D eigenvalue weighted by Crippen LogP contribution is -2.34. The van der Waals surface area contributed by atoms with Crippen LogP contribution < -0.4 is 10.6 Å². The summed E-state index contributed by atoms with van der Waals surface area (Å²) in [5, 5.41) is 0. The van der Waals surface area contributed by atoms with E-state index in [1.54, 1.807) is 12.0 Å². The number of fused-ring (bicyclic) bond motifs is 1. The van der Waals surface area contributed by atoms with Crippen LogP contribution in [0.15, 0.2) is 48.5 Å². The molecule has 1 heterocycles. The molecular formula is C17H18N2O2. The molecule has 0 fully saturated rings. The number of amides is 1. The zero-order valence-electron chi connectivity index (χ0n) is 12.0. The fraction of sp³-hybridized carbons (Fsp3) is 0.235. The van der Waals surface area contributed by atoms with Crippen LogP contribution in [0.25, 0.3) is 0 Å². The molecule has 108 valence electrons. The third-order valence-electron chi connectivity index (χ3n) is 3.83. The van der Waals surface area contributed by atoms with Crippen molar-refractivity contribution in [3.05, 3.63) is 59.7 Å².